The molecule has 8 rings (SSSR count). The van der Waals surface area contributed by atoms with Crippen molar-refractivity contribution in [2.45, 2.75) is 34.2 Å². The highest BCUT2D eigenvalue weighted by atomic mass is 79.9. The molecule has 0 aliphatic rings. The summed E-state index contributed by atoms with van der Waals surface area (Å²) in [5, 5.41) is 10.7. The van der Waals surface area contributed by atoms with Crippen molar-refractivity contribution in [1.82, 2.24) is 0 Å². The lowest BCUT2D eigenvalue weighted by atomic mass is 10.1. The Morgan fingerprint density at radius 3 is 1.09 bits per heavy atom. The molecule has 0 aromatic heterocycles. The van der Waals surface area contributed by atoms with Crippen molar-refractivity contribution < 1.29 is 56.5 Å². The molecule has 0 bridgehead atoms. The molecule has 6 atom stereocenters. The lowest BCUT2D eigenvalue weighted by Crippen LogP contribution is -2.39. The Bertz CT molecular complexity index is 3190. The number of benzene rings is 8. The number of esters is 4. The van der Waals surface area contributed by atoms with Crippen molar-refractivity contribution in [3.05, 3.63) is 192 Å². The predicted molar refractivity (Wildman–Crippen MR) is 272 cm³/mol. The van der Waals surface area contributed by atoms with Gasteiger partial charge in [-0.1, -0.05) is 158 Å². The molecule has 8 aromatic carbocycles. The monoisotopic (exact) mass is 1070 g/mol. The highest BCUT2D eigenvalue weighted by Crippen LogP contribution is 2.25. The molecule has 0 fully saturated rings. The van der Waals surface area contributed by atoms with E-state index in [0.29, 0.717) is 11.1 Å². The van der Waals surface area contributed by atoms with E-state index < -0.39 is 58.1 Å². The van der Waals surface area contributed by atoms with Crippen LogP contribution in [0.3, 0.4) is 0 Å². The maximum absolute atomic E-state index is 15.0. The fraction of sp³-hybridized carbons (Fsp3) is 0.164. The summed E-state index contributed by atoms with van der Waals surface area (Å²) in [7, 11) is 1.27. The van der Waals surface area contributed by atoms with Crippen LogP contribution in [0.25, 0.3) is 43.1 Å². The second-order valence-corrected chi connectivity index (χ2v) is 18.0. The summed E-state index contributed by atoms with van der Waals surface area (Å²) in [6.45, 7) is -0.557. The second kappa shape index (κ2) is 24.3. The maximum atomic E-state index is 15.0. The van der Waals surface area contributed by atoms with E-state index in [4.69, 9.17) is 18.9 Å². The van der Waals surface area contributed by atoms with Gasteiger partial charge in [0.1, 0.15) is 20.3 Å². The van der Waals surface area contributed by atoms with E-state index in [-0.39, 0.29) is 30.6 Å². The third-order valence-electron chi connectivity index (χ3n) is 11.0. The lowest BCUT2D eigenvalue weighted by molar-refractivity contribution is -0.115. The number of alkyl halides is 4. The van der Waals surface area contributed by atoms with Crippen LogP contribution in [0.4, 0.5) is 8.78 Å². The van der Waals surface area contributed by atoms with Crippen molar-refractivity contribution in [3.63, 3.8) is 0 Å². The number of carbonyl (C=O) groups excluding carboxylic acids is 5. The fourth-order valence-electron chi connectivity index (χ4n) is 7.27. The molecular formula is C55H43Br2F2NO10. The van der Waals surface area contributed by atoms with E-state index >= 15 is 0 Å². The molecule has 0 spiro atoms. The van der Waals surface area contributed by atoms with Gasteiger partial charge in [0.15, 0.2) is 30.8 Å². The van der Waals surface area contributed by atoms with Gasteiger partial charge in [-0.15, -0.1) is 0 Å². The predicted octanol–water partition coefficient (Wildman–Crippen LogP) is 11.8. The Labute approximate surface area is 417 Å². The summed E-state index contributed by atoms with van der Waals surface area (Å²) < 4.78 is 50.9. The Morgan fingerprint density at radius 1 is 0.471 bits per heavy atom. The Balaban J connectivity index is 0.000000207. The third-order valence-corrected chi connectivity index (χ3v) is 12.5. The van der Waals surface area contributed by atoms with Crippen LogP contribution < -0.4 is 0 Å². The van der Waals surface area contributed by atoms with Gasteiger partial charge in [-0.05, 0) is 91.6 Å². The van der Waals surface area contributed by atoms with Crippen molar-refractivity contribution in [2.75, 3.05) is 20.3 Å². The standard InChI is InChI=1S/C28H23BrFNO5.C27H20BrFO5/c1-34-31-16-25(30)26(36-28(33)23-13-11-19-7-3-5-9-21(19)15-23)24(29)17-35-27(32)22-12-10-18-6-2-4-8-20(18)14-22;28-23(16-33-26(31)21-11-9-17-5-1-3-7-19(17)13-21)25(24(29)15-30)34-27(32)22-12-10-18-6-2-4-8-20(18)14-22/h2-16,24-26H,17H2,1H3;1-15,23-25H,16H2/b31-16-;/t24-,25+,26+;23-,24+,25+/m00/s1. The molecule has 0 N–H and O–H groups in total. The van der Waals surface area contributed by atoms with Gasteiger partial charge in [-0.25, -0.2) is 28.0 Å². The van der Waals surface area contributed by atoms with Gasteiger partial charge in [-0.3, -0.25) is 4.79 Å². The molecule has 0 saturated carbocycles. The number of ether oxygens (including phenoxy) is 4. The number of nitrogens with zero attached hydrogens (tertiary/aromatic N) is 1. The number of rotatable bonds is 17. The summed E-state index contributed by atoms with van der Waals surface area (Å²) in [5.74, 6) is -2.70. The maximum Gasteiger partial charge on any atom is 0.338 e. The summed E-state index contributed by atoms with van der Waals surface area (Å²) in [5.41, 5.74) is 1.17. The number of fused-ring (bicyclic) bond motifs is 4. The molecule has 0 saturated heterocycles. The first-order valence-electron chi connectivity index (χ1n) is 21.7. The minimum atomic E-state index is -2.10. The van der Waals surface area contributed by atoms with E-state index in [0.717, 1.165) is 49.3 Å². The van der Waals surface area contributed by atoms with Crippen LogP contribution in [0.15, 0.2) is 175 Å². The smallest absolute Gasteiger partial charge is 0.338 e. The molecule has 0 heterocycles. The molecule has 0 unspecified atom stereocenters. The summed E-state index contributed by atoms with van der Waals surface area (Å²) in [4.78, 5) is 64.6. The van der Waals surface area contributed by atoms with Gasteiger partial charge in [0.25, 0.3) is 0 Å². The van der Waals surface area contributed by atoms with Gasteiger partial charge in [0.05, 0.1) is 38.1 Å². The molecular weight excluding hydrogens is 1030 g/mol. The highest BCUT2D eigenvalue weighted by molar-refractivity contribution is 9.09. The van der Waals surface area contributed by atoms with Crippen LogP contribution in [0.5, 0.6) is 0 Å². The van der Waals surface area contributed by atoms with E-state index in [1.54, 1.807) is 66.7 Å². The van der Waals surface area contributed by atoms with Gasteiger partial charge in [-0.2, -0.15) is 0 Å². The topological polar surface area (TPSA) is 144 Å². The normalized spacial score (nSPS) is 13.8. The van der Waals surface area contributed by atoms with Gasteiger partial charge in [0.2, 0.25) is 0 Å². The number of carbonyl (C=O) groups is 5. The summed E-state index contributed by atoms with van der Waals surface area (Å²) in [6, 6.07) is 50.5. The minimum absolute atomic E-state index is 0.0533. The first-order valence-corrected chi connectivity index (χ1v) is 23.5. The number of hydrogen-bond acceptors (Lipinski definition) is 11. The van der Waals surface area contributed by atoms with Crippen LogP contribution >= 0.6 is 31.9 Å². The number of halogens is 4. The Hall–Kier alpha value is -7.36. The van der Waals surface area contributed by atoms with Crippen molar-refractivity contribution in [3.8, 4) is 0 Å². The van der Waals surface area contributed by atoms with Crippen LogP contribution in [0.1, 0.15) is 41.4 Å². The van der Waals surface area contributed by atoms with Crippen LogP contribution in [0.2, 0.25) is 0 Å². The fourth-order valence-corrected chi connectivity index (χ4v) is 8.34. The van der Waals surface area contributed by atoms with E-state index in [1.165, 1.54) is 7.11 Å². The molecule has 11 nitrogen and oxygen atoms in total. The molecule has 0 amide bonds. The first kappa shape index (κ1) is 50.5. The zero-order valence-electron chi connectivity index (χ0n) is 37.2. The molecule has 0 radical (unpaired) electrons. The first-order chi connectivity index (χ1) is 33.9. The molecule has 70 heavy (non-hydrogen) atoms. The molecule has 8 aromatic rings. The Morgan fingerprint density at radius 2 is 0.771 bits per heavy atom. The zero-order valence-corrected chi connectivity index (χ0v) is 40.4. The van der Waals surface area contributed by atoms with Crippen molar-refractivity contribution in [1.29, 1.82) is 0 Å². The SMILES string of the molecule is CO/N=C\[C@@H](F)[C@H](OC(=O)c1ccc2ccccc2c1)[C@@H](Br)COC(=O)c1ccc2ccccc2c1.O=C[C@@H](F)[C@H](OC(=O)c1ccc2ccccc2c1)[C@@H](Br)COC(=O)c1ccc2ccccc2c1. The molecule has 0 aliphatic heterocycles. The van der Waals surface area contributed by atoms with Crippen molar-refractivity contribution >= 4 is 111 Å². The van der Waals surface area contributed by atoms with Gasteiger partial charge in [0, 0.05) is 0 Å². The zero-order chi connectivity index (χ0) is 49.6. The number of oxime groups is 1. The van der Waals surface area contributed by atoms with Crippen LogP contribution in [0, 0.1) is 0 Å². The van der Waals surface area contributed by atoms with E-state index in [2.05, 4.69) is 41.9 Å². The number of hydrogen-bond donors (Lipinski definition) is 0. The molecule has 0 aliphatic carbocycles. The van der Waals surface area contributed by atoms with E-state index in [1.807, 2.05) is 103 Å². The second-order valence-electron chi connectivity index (χ2n) is 15.7. The Kier molecular flexibility index (Phi) is 17.5. The van der Waals surface area contributed by atoms with Crippen molar-refractivity contribution in [2.24, 2.45) is 5.16 Å². The molecule has 15 heteroatoms. The average molecular weight is 1080 g/mol. The van der Waals surface area contributed by atoms with E-state index in [9.17, 15) is 32.8 Å². The number of aldehydes is 1. The minimum Gasteiger partial charge on any atom is -0.461 e. The quantitative estimate of drug-likeness (QED) is 0.0216. The highest BCUT2D eigenvalue weighted by Gasteiger charge is 2.34. The van der Waals surface area contributed by atoms with Gasteiger partial charge >= 0.3 is 23.9 Å². The largest absolute Gasteiger partial charge is 0.461 e. The third kappa shape index (κ3) is 13.0. The summed E-state index contributed by atoms with van der Waals surface area (Å²) >= 11 is 6.54. The molecule has 356 valence electrons. The lowest BCUT2D eigenvalue weighted by Gasteiger charge is -2.24. The average Bonchev–Trinajstić information content (AvgIpc) is 3.40. The summed E-state index contributed by atoms with van der Waals surface area (Å²) in [6.07, 6.45) is -5.81. The van der Waals surface area contributed by atoms with Crippen LogP contribution in [-0.4, -0.2) is 90.9 Å². The van der Waals surface area contributed by atoms with Crippen LogP contribution in [-0.2, 0) is 28.6 Å². The van der Waals surface area contributed by atoms with Gasteiger partial charge < -0.3 is 23.8 Å².